The molecule has 3 N–H and O–H groups in total. The van der Waals surface area contributed by atoms with Gasteiger partial charge in [-0.2, -0.15) is 11.3 Å². The van der Waals surface area contributed by atoms with Gasteiger partial charge in [0.15, 0.2) is 0 Å². The van der Waals surface area contributed by atoms with E-state index in [1.54, 1.807) is 10.9 Å². The highest BCUT2D eigenvalue weighted by molar-refractivity contribution is 7.08. The monoisotopic (exact) mass is 387 g/mol. The summed E-state index contributed by atoms with van der Waals surface area (Å²) in [5, 5.41) is 15.6. The molecule has 4 rings (SSSR count). The van der Waals surface area contributed by atoms with Gasteiger partial charge in [-0.3, -0.25) is 9.59 Å². The van der Waals surface area contributed by atoms with E-state index < -0.39 is 11.1 Å². The predicted molar refractivity (Wildman–Crippen MR) is 102 cm³/mol. The van der Waals surface area contributed by atoms with Crippen LogP contribution in [-0.4, -0.2) is 26.8 Å². The zero-order chi connectivity index (χ0) is 19.1. The van der Waals surface area contributed by atoms with Gasteiger partial charge in [0.2, 0.25) is 5.91 Å². The lowest BCUT2D eigenvalue weighted by Gasteiger charge is -2.39. The summed E-state index contributed by atoms with van der Waals surface area (Å²) < 4.78 is 1.60. The number of carbonyl (C=O) groups is 2. The van der Waals surface area contributed by atoms with E-state index in [0.29, 0.717) is 24.1 Å². The highest BCUT2D eigenvalue weighted by Gasteiger charge is 2.52. The summed E-state index contributed by atoms with van der Waals surface area (Å²) in [4.78, 5) is 24.7. The number of amides is 2. The number of hydrogen-bond acceptors (Lipinski definition) is 5. The fourth-order valence-corrected chi connectivity index (χ4v) is 4.81. The molecule has 0 radical (unpaired) electrons. The number of carbonyl (C=O) groups excluding carboxylic acids is 2. The fourth-order valence-electron chi connectivity index (χ4n) is 4.17. The van der Waals surface area contributed by atoms with Crippen LogP contribution in [0.15, 0.2) is 23.0 Å². The SMILES string of the molecule is CC(NC(=O)c1ccsc1)(c1cn(C2(C(N)=O)CC2)nn1)C1CCCCC1. The first-order valence-corrected chi connectivity index (χ1v) is 10.5. The van der Waals surface area contributed by atoms with E-state index in [0.717, 1.165) is 25.7 Å². The van der Waals surface area contributed by atoms with Gasteiger partial charge in [0.05, 0.1) is 17.3 Å². The summed E-state index contributed by atoms with van der Waals surface area (Å²) in [5.74, 6) is -0.196. The van der Waals surface area contributed by atoms with Gasteiger partial charge in [0.25, 0.3) is 5.91 Å². The normalized spacial score (nSPS) is 21.4. The van der Waals surface area contributed by atoms with Gasteiger partial charge >= 0.3 is 0 Å². The quantitative estimate of drug-likeness (QED) is 0.795. The second-order valence-corrected chi connectivity index (χ2v) is 8.73. The second kappa shape index (κ2) is 6.74. The molecule has 7 nitrogen and oxygen atoms in total. The Morgan fingerprint density at radius 2 is 2.07 bits per heavy atom. The highest BCUT2D eigenvalue weighted by atomic mass is 32.1. The standard InChI is InChI=1S/C19H25N5O2S/c1-18(14-5-3-2-4-6-14,21-16(25)13-7-10-27-12-13)15-11-24(23-22-15)19(8-9-19)17(20)26/h7,10-12,14H,2-6,8-9H2,1H3,(H2,20,26)(H,21,25). The number of nitrogens with zero attached hydrogens (tertiary/aromatic N) is 3. The van der Waals surface area contributed by atoms with E-state index in [1.165, 1.54) is 17.8 Å². The molecule has 2 aromatic rings. The summed E-state index contributed by atoms with van der Waals surface area (Å²) in [6, 6.07) is 1.82. The van der Waals surface area contributed by atoms with Crippen molar-refractivity contribution in [3.05, 3.63) is 34.3 Å². The van der Waals surface area contributed by atoms with Crippen molar-refractivity contribution in [1.29, 1.82) is 0 Å². The molecule has 2 aromatic heterocycles. The van der Waals surface area contributed by atoms with Crippen molar-refractivity contribution in [2.75, 3.05) is 0 Å². The molecule has 2 amide bonds. The number of thiophene rings is 1. The Balaban J connectivity index is 1.66. The number of primary amides is 1. The topological polar surface area (TPSA) is 103 Å². The molecule has 8 heteroatoms. The van der Waals surface area contributed by atoms with Gasteiger partial charge in [-0.25, -0.2) is 4.68 Å². The molecule has 0 spiro atoms. The third-order valence-corrected chi connectivity index (χ3v) is 6.91. The first-order valence-electron chi connectivity index (χ1n) is 9.54. The van der Waals surface area contributed by atoms with Crippen molar-refractivity contribution >= 4 is 23.2 Å². The maximum absolute atomic E-state index is 12.8. The van der Waals surface area contributed by atoms with E-state index >= 15 is 0 Å². The van der Waals surface area contributed by atoms with Crippen LogP contribution in [0, 0.1) is 5.92 Å². The van der Waals surface area contributed by atoms with Gasteiger partial charge in [0, 0.05) is 5.38 Å². The molecule has 2 aliphatic carbocycles. The van der Waals surface area contributed by atoms with Crippen LogP contribution in [0.4, 0.5) is 0 Å². The van der Waals surface area contributed by atoms with Gasteiger partial charge in [-0.05, 0) is 50.0 Å². The van der Waals surface area contributed by atoms with E-state index in [-0.39, 0.29) is 17.7 Å². The Morgan fingerprint density at radius 3 is 2.67 bits per heavy atom. The van der Waals surface area contributed by atoms with Gasteiger partial charge in [0.1, 0.15) is 11.2 Å². The lowest BCUT2D eigenvalue weighted by molar-refractivity contribution is -0.122. The van der Waals surface area contributed by atoms with Crippen molar-refractivity contribution in [3.63, 3.8) is 0 Å². The molecule has 1 unspecified atom stereocenters. The van der Waals surface area contributed by atoms with Gasteiger partial charge in [-0.1, -0.05) is 24.5 Å². The Kier molecular flexibility index (Phi) is 4.53. The molecule has 0 aliphatic heterocycles. The van der Waals surface area contributed by atoms with Crippen molar-refractivity contribution in [3.8, 4) is 0 Å². The molecule has 2 fully saturated rings. The Bertz CT molecular complexity index is 836. The molecule has 144 valence electrons. The molecule has 27 heavy (non-hydrogen) atoms. The number of rotatable bonds is 6. The minimum atomic E-state index is -0.740. The van der Waals surface area contributed by atoms with Crippen molar-refractivity contribution < 1.29 is 9.59 Å². The fraction of sp³-hybridized carbons (Fsp3) is 0.579. The van der Waals surface area contributed by atoms with Crippen LogP contribution in [0.3, 0.4) is 0 Å². The largest absolute Gasteiger partial charge is 0.368 e. The summed E-state index contributed by atoms with van der Waals surface area (Å²) in [5.41, 5.74) is 5.56. The average molecular weight is 388 g/mol. The van der Waals surface area contributed by atoms with Crippen LogP contribution in [0.25, 0.3) is 0 Å². The first kappa shape index (κ1) is 18.2. The average Bonchev–Trinajstić information content (AvgIpc) is 3.10. The Morgan fingerprint density at radius 1 is 1.33 bits per heavy atom. The van der Waals surface area contributed by atoms with E-state index in [2.05, 4.69) is 15.6 Å². The van der Waals surface area contributed by atoms with Gasteiger partial charge in [-0.15, -0.1) is 5.10 Å². The molecule has 2 aliphatic rings. The van der Waals surface area contributed by atoms with Crippen LogP contribution in [0.2, 0.25) is 0 Å². The summed E-state index contributed by atoms with van der Waals surface area (Å²) in [7, 11) is 0. The molecule has 0 aromatic carbocycles. The molecule has 1 atom stereocenters. The van der Waals surface area contributed by atoms with E-state index in [4.69, 9.17) is 5.73 Å². The molecule has 0 saturated heterocycles. The third-order valence-electron chi connectivity index (χ3n) is 6.22. The zero-order valence-electron chi connectivity index (χ0n) is 15.5. The number of nitrogens with two attached hydrogens (primary N) is 1. The summed E-state index contributed by atoms with van der Waals surface area (Å²) in [6.45, 7) is 2.03. The number of hydrogen-bond donors (Lipinski definition) is 2. The predicted octanol–water partition coefficient (Wildman–Crippen LogP) is 2.54. The van der Waals surface area contributed by atoms with Crippen molar-refractivity contribution in [2.24, 2.45) is 11.7 Å². The molecule has 2 heterocycles. The smallest absolute Gasteiger partial charge is 0.252 e. The molecule has 2 saturated carbocycles. The van der Waals surface area contributed by atoms with Gasteiger partial charge < -0.3 is 11.1 Å². The summed E-state index contributed by atoms with van der Waals surface area (Å²) >= 11 is 1.50. The van der Waals surface area contributed by atoms with E-state index in [9.17, 15) is 9.59 Å². The number of nitrogens with one attached hydrogen (secondary N) is 1. The minimum Gasteiger partial charge on any atom is -0.368 e. The Labute approximate surface area is 162 Å². The van der Waals surface area contributed by atoms with Crippen molar-refractivity contribution in [1.82, 2.24) is 20.3 Å². The lowest BCUT2D eigenvalue weighted by Crippen LogP contribution is -2.50. The second-order valence-electron chi connectivity index (χ2n) is 7.95. The van der Waals surface area contributed by atoms with Crippen LogP contribution >= 0.6 is 11.3 Å². The third kappa shape index (κ3) is 3.16. The number of aromatic nitrogens is 3. The molecule has 0 bridgehead atoms. The highest BCUT2D eigenvalue weighted by Crippen LogP contribution is 2.44. The van der Waals surface area contributed by atoms with Crippen LogP contribution in [-0.2, 0) is 15.9 Å². The maximum Gasteiger partial charge on any atom is 0.252 e. The first-order chi connectivity index (χ1) is 13.0. The minimum absolute atomic E-state index is 0.102. The van der Waals surface area contributed by atoms with Crippen molar-refractivity contribution in [2.45, 2.75) is 62.9 Å². The van der Waals surface area contributed by atoms with Crippen LogP contribution < -0.4 is 11.1 Å². The van der Waals surface area contributed by atoms with Crippen LogP contribution in [0.5, 0.6) is 0 Å². The van der Waals surface area contributed by atoms with E-state index in [1.807, 2.05) is 23.8 Å². The maximum atomic E-state index is 12.8. The van der Waals surface area contributed by atoms with Crippen LogP contribution in [0.1, 0.15) is 67.9 Å². The molecular weight excluding hydrogens is 362 g/mol. The lowest BCUT2D eigenvalue weighted by atomic mass is 9.74. The Hall–Kier alpha value is -2.22. The summed E-state index contributed by atoms with van der Waals surface area (Å²) in [6.07, 6.45) is 8.77. The molecular formula is C19H25N5O2S. The zero-order valence-corrected chi connectivity index (χ0v) is 16.3.